The lowest BCUT2D eigenvalue weighted by Crippen LogP contribution is -2.25. The number of carbonyl (C=O) groups excluding carboxylic acids is 2. The van der Waals surface area contributed by atoms with Crippen LogP contribution in [0.15, 0.2) is 0 Å². The van der Waals surface area contributed by atoms with Crippen LogP contribution in [0.1, 0.15) is 110 Å². The second-order valence-corrected chi connectivity index (χ2v) is 11.1. The van der Waals surface area contributed by atoms with Gasteiger partial charge in [-0.25, -0.2) is 4.79 Å². The number of unbranched alkanes of at least 4 members (excludes halogenated alkanes) is 13. The molecule has 45 heavy (non-hydrogen) atoms. The molecule has 0 spiro atoms. The van der Waals surface area contributed by atoms with Crippen molar-refractivity contribution in [2.24, 2.45) is 0 Å². The third kappa shape index (κ3) is 27.0. The van der Waals surface area contributed by atoms with E-state index < -0.39 is 12.1 Å². The Balaban J connectivity index is 1.66. The molecule has 0 aromatic rings. The van der Waals surface area contributed by atoms with Crippen LogP contribution < -0.4 is 0 Å². The fourth-order valence-corrected chi connectivity index (χ4v) is 4.55. The molecule has 0 fully saturated rings. The van der Waals surface area contributed by atoms with Crippen molar-refractivity contribution in [2.45, 2.75) is 110 Å². The van der Waals surface area contributed by atoms with Crippen molar-refractivity contribution in [3.63, 3.8) is 0 Å². The van der Waals surface area contributed by atoms with E-state index >= 15 is 0 Å². The van der Waals surface area contributed by atoms with Crippen molar-refractivity contribution in [1.29, 1.82) is 0 Å². The van der Waals surface area contributed by atoms with Crippen LogP contribution in [0.5, 0.6) is 0 Å². The highest BCUT2D eigenvalue weighted by Gasteiger charge is 2.37. The van der Waals surface area contributed by atoms with Gasteiger partial charge in [0, 0.05) is 6.61 Å². The van der Waals surface area contributed by atoms with Crippen LogP contribution in [0.4, 0.5) is 4.79 Å². The quantitative estimate of drug-likeness (QED) is 0.0386. The molecule has 0 saturated carbocycles. The van der Waals surface area contributed by atoms with Crippen molar-refractivity contribution in [2.75, 3.05) is 85.9 Å². The zero-order valence-corrected chi connectivity index (χ0v) is 28.0. The molecular weight excluding hydrogens is 586 g/mol. The predicted octanol–water partition coefficient (Wildman–Crippen LogP) is 5.92. The number of aliphatic hydroxyl groups excluding tert-OH is 1. The summed E-state index contributed by atoms with van der Waals surface area (Å²) in [5.41, 5.74) is 0. The molecule has 0 saturated heterocycles. The Kier molecular flexibility index (Phi) is 29.4. The molecule has 0 atom stereocenters. The molecule has 0 bridgehead atoms. The van der Waals surface area contributed by atoms with E-state index in [0.717, 1.165) is 13.0 Å². The number of hydrogen-bond donors (Lipinski definition) is 1. The summed E-state index contributed by atoms with van der Waals surface area (Å²) in [6, 6.07) is 0. The van der Waals surface area contributed by atoms with Crippen LogP contribution in [-0.2, 0) is 42.8 Å². The molecule has 1 N–H and O–H groups in total. The van der Waals surface area contributed by atoms with Crippen LogP contribution in [0.25, 0.3) is 0 Å². The topological polar surface area (TPSA) is 131 Å². The summed E-state index contributed by atoms with van der Waals surface area (Å²) < 4.78 is 38.1. The Labute approximate surface area is 270 Å². The second-order valence-electron chi connectivity index (χ2n) is 11.1. The molecule has 1 amide bonds. The Morgan fingerprint density at radius 2 is 0.889 bits per heavy atom. The first-order chi connectivity index (χ1) is 22.1. The van der Waals surface area contributed by atoms with Crippen molar-refractivity contribution in [3.8, 4) is 0 Å². The lowest BCUT2D eigenvalue weighted by atomic mass is 10.0. The van der Waals surface area contributed by atoms with Gasteiger partial charge in [0.1, 0.15) is 11.3 Å². The molecular formula is C33H62NO11+. The maximum Gasteiger partial charge on any atom is 0.572 e. The van der Waals surface area contributed by atoms with E-state index in [0.29, 0.717) is 70.8 Å². The monoisotopic (exact) mass is 648 g/mol. The Morgan fingerprint density at radius 1 is 0.533 bits per heavy atom. The highest BCUT2D eigenvalue weighted by molar-refractivity contribution is 5.86. The van der Waals surface area contributed by atoms with Crippen LogP contribution in [0, 0.1) is 0 Å². The first-order valence-corrected chi connectivity index (χ1v) is 17.3. The largest absolute Gasteiger partial charge is 0.572 e. The van der Waals surface area contributed by atoms with Gasteiger partial charge in [0.25, 0.3) is 0 Å². The zero-order chi connectivity index (χ0) is 32.5. The molecule has 264 valence electrons. The number of carbonyl (C=O) groups is 2. The molecule has 12 nitrogen and oxygen atoms in total. The standard InChI is InChI=1S/C33H61NO11/c1-2-3-4-5-6-7-8-9-10-11-12-13-14-15-18-38-19-20-39-21-22-40-23-24-41-25-26-42-27-28-43-29-30-44-33(37)45-34-31(35)16-17-32(34)36/h2-30H2,1H3/p+1. The fourth-order valence-electron chi connectivity index (χ4n) is 4.55. The van der Waals surface area contributed by atoms with Gasteiger partial charge in [0.2, 0.25) is 0 Å². The summed E-state index contributed by atoms with van der Waals surface area (Å²) in [5, 5.41) is 9.43. The maximum absolute atomic E-state index is 11.5. The summed E-state index contributed by atoms with van der Waals surface area (Å²) >= 11 is 0. The first-order valence-electron chi connectivity index (χ1n) is 17.3. The van der Waals surface area contributed by atoms with E-state index in [1.165, 1.54) is 83.5 Å². The number of aliphatic hydroxyl groups is 1. The zero-order valence-electron chi connectivity index (χ0n) is 28.0. The van der Waals surface area contributed by atoms with Gasteiger partial charge in [-0.3, -0.25) is 0 Å². The SMILES string of the molecule is CCCCCCCCCCCCCCCCOCCOCCOCCOCCOCCOCCOC(=O)O[N+]1=C(O)CCC1=O. The minimum atomic E-state index is -1.08. The van der Waals surface area contributed by atoms with Crippen LogP contribution in [0.3, 0.4) is 0 Å². The number of hydroxylamine groups is 1. The van der Waals surface area contributed by atoms with Crippen molar-refractivity contribution in [1.82, 2.24) is 0 Å². The molecule has 0 radical (unpaired) electrons. The van der Waals surface area contributed by atoms with E-state index in [1.807, 2.05) is 0 Å². The molecule has 1 aliphatic rings. The smallest absolute Gasteiger partial charge is 0.460 e. The average molecular weight is 649 g/mol. The number of ether oxygens (including phenoxy) is 7. The molecule has 0 aliphatic carbocycles. The van der Waals surface area contributed by atoms with Gasteiger partial charge >= 0.3 is 18.0 Å². The molecule has 1 aliphatic heterocycles. The summed E-state index contributed by atoms with van der Waals surface area (Å²) in [6.07, 6.45) is 18.2. The lowest BCUT2D eigenvalue weighted by Gasteiger charge is -2.08. The van der Waals surface area contributed by atoms with Crippen molar-refractivity contribution in [3.05, 3.63) is 0 Å². The van der Waals surface area contributed by atoms with Gasteiger partial charge < -0.3 is 38.3 Å². The minimum Gasteiger partial charge on any atom is -0.460 e. The van der Waals surface area contributed by atoms with Gasteiger partial charge in [-0.05, 0) is 6.42 Å². The van der Waals surface area contributed by atoms with Gasteiger partial charge in [-0.15, -0.1) is 4.84 Å². The summed E-state index contributed by atoms with van der Waals surface area (Å²) in [5.74, 6) is -0.811. The molecule has 0 unspecified atom stereocenters. The van der Waals surface area contributed by atoms with Gasteiger partial charge in [-0.1, -0.05) is 90.4 Å². The average Bonchev–Trinajstić information content (AvgIpc) is 3.35. The normalized spacial score (nSPS) is 13.2. The van der Waals surface area contributed by atoms with E-state index in [2.05, 4.69) is 11.8 Å². The Morgan fingerprint density at radius 3 is 1.27 bits per heavy atom. The summed E-state index contributed by atoms with van der Waals surface area (Å²) in [7, 11) is 0. The van der Waals surface area contributed by atoms with Crippen LogP contribution in [-0.4, -0.2) is 114 Å². The molecule has 0 aromatic heterocycles. The second kappa shape index (κ2) is 32.1. The number of amides is 1. The third-order valence-electron chi connectivity index (χ3n) is 7.14. The number of hydrogen-bond acceptors (Lipinski definition) is 10. The van der Waals surface area contributed by atoms with E-state index in [4.69, 9.17) is 33.2 Å². The minimum absolute atomic E-state index is 0.0525. The van der Waals surface area contributed by atoms with E-state index in [-0.39, 0.29) is 32.0 Å². The predicted molar refractivity (Wildman–Crippen MR) is 170 cm³/mol. The van der Waals surface area contributed by atoms with Crippen LogP contribution >= 0.6 is 0 Å². The van der Waals surface area contributed by atoms with Crippen molar-refractivity contribution >= 4 is 18.0 Å². The summed E-state index contributed by atoms with van der Waals surface area (Å²) in [6.45, 7) is 8.01. The Hall–Kier alpha value is -1.83. The fraction of sp³-hybridized carbons (Fsp3) is 0.909. The lowest BCUT2D eigenvalue weighted by molar-refractivity contribution is -0.695. The van der Waals surface area contributed by atoms with Crippen LogP contribution in [0.2, 0.25) is 0 Å². The summed E-state index contributed by atoms with van der Waals surface area (Å²) in [4.78, 5) is 27.5. The Bertz CT molecular complexity index is 735. The molecule has 12 heteroatoms. The molecule has 1 rings (SSSR count). The first kappa shape index (κ1) is 41.2. The number of rotatable bonds is 34. The highest BCUT2D eigenvalue weighted by Crippen LogP contribution is 2.13. The van der Waals surface area contributed by atoms with E-state index in [9.17, 15) is 14.7 Å². The molecule has 1 heterocycles. The van der Waals surface area contributed by atoms with Gasteiger partial charge in [0.15, 0.2) is 0 Å². The molecule has 0 aromatic carbocycles. The van der Waals surface area contributed by atoms with Gasteiger partial charge in [-0.2, -0.15) is 4.79 Å². The highest BCUT2D eigenvalue weighted by atomic mass is 16.8. The maximum atomic E-state index is 11.5. The third-order valence-corrected chi connectivity index (χ3v) is 7.14. The van der Waals surface area contributed by atoms with Gasteiger partial charge in [0.05, 0.1) is 85.5 Å². The number of nitrogens with zero attached hydrogens (tertiary/aromatic N) is 1. The van der Waals surface area contributed by atoms with Crippen molar-refractivity contribution < 1.29 is 57.4 Å². The van der Waals surface area contributed by atoms with E-state index in [1.54, 1.807) is 0 Å².